The van der Waals surface area contributed by atoms with Crippen molar-refractivity contribution in [3.8, 4) is 0 Å². The zero-order valence-electron chi connectivity index (χ0n) is 14.0. The largest absolute Gasteiger partial charge is 0.242 e. The summed E-state index contributed by atoms with van der Waals surface area (Å²) in [5.41, 5.74) is 4.24. The molecule has 0 amide bonds. The Hall–Kier alpha value is -0.933. The normalized spacial score (nSPS) is 15.1. The molecule has 1 N–H and O–H groups in total. The Bertz CT molecular complexity index is 548. The van der Waals surface area contributed by atoms with Gasteiger partial charge in [0.25, 0.3) is 0 Å². The highest BCUT2D eigenvalue weighted by Crippen LogP contribution is 2.30. The van der Waals surface area contributed by atoms with Crippen LogP contribution in [-0.2, 0) is 11.0 Å². The van der Waals surface area contributed by atoms with Gasteiger partial charge in [-0.1, -0.05) is 56.6 Å². The molecule has 0 bridgehead atoms. The smallest absolute Gasteiger partial charge is 0.0979 e. The van der Waals surface area contributed by atoms with E-state index in [-0.39, 0.29) is 10.8 Å². The van der Waals surface area contributed by atoms with Gasteiger partial charge in [0.15, 0.2) is 0 Å². The van der Waals surface area contributed by atoms with Crippen LogP contribution in [0.3, 0.4) is 0 Å². The van der Waals surface area contributed by atoms with Crippen molar-refractivity contribution >= 4 is 19.1 Å². The Labute approximate surface area is 133 Å². The summed E-state index contributed by atoms with van der Waals surface area (Å²) in [7, 11) is -2.75. The van der Waals surface area contributed by atoms with Gasteiger partial charge in [-0.3, -0.25) is 0 Å². The first kappa shape index (κ1) is 18.1. The van der Waals surface area contributed by atoms with Gasteiger partial charge in [-0.15, -0.1) is 5.73 Å². The summed E-state index contributed by atoms with van der Waals surface area (Å²) in [6, 6.07) is 10.1. The molecular formula is C17H27NOSSi. The summed E-state index contributed by atoms with van der Waals surface area (Å²) in [5.74, 6) is 0. The number of benzene rings is 1. The molecule has 21 heavy (non-hydrogen) atoms. The van der Waals surface area contributed by atoms with E-state index in [4.69, 9.17) is 0 Å². The molecule has 1 aromatic rings. The molecule has 0 aromatic heterocycles. The molecule has 4 heteroatoms. The van der Waals surface area contributed by atoms with Crippen LogP contribution in [0.1, 0.15) is 32.4 Å². The summed E-state index contributed by atoms with van der Waals surface area (Å²) in [6.45, 7) is 16.6. The molecule has 0 radical (unpaired) electrons. The Morgan fingerprint density at radius 3 is 2.14 bits per heavy atom. The third kappa shape index (κ3) is 5.08. The molecule has 0 aliphatic heterocycles. The van der Waals surface area contributed by atoms with Crippen molar-refractivity contribution in [2.24, 2.45) is 0 Å². The van der Waals surface area contributed by atoms with Crippen LogP contribution in [0.25, 0.3) is 0 Å². The van der Waals surface area contributed by atoms with Gasteiger partial charge in [0.2, 0.25) is 0 Å². The van der Waals surface area contributed by atoms with E-state index >= 15 is 0 Å². The second kappa shape index (κ2) is 6.88. The minimum Gasteiger partial charge on any atom is -0.242 e. The summed E-state index contributed by atoms with van der Waals surface area (Å²) in [4.78, 5) is 0. The molecule has 1 rings (SSSR count). The molecule has 2 atom stereocenters. The van der Waals surface area contributed by atoms with Gasteiger partial charge in [-0.05, 0) is 31.5 Å². The number of nitrogens with one attached hydrogen (secondary N) is 1. The second-order valence-corrected chi connectivity index (χ2v) is 14.2. The molecule has 0 saturated carbocycles. The molecule has 0 saturated heterocycles. The quantitative estimate of drug-likeness (QED) is 0.633. The minimum atomic E-state index is -1.61. The lowest BCUT2D eigenvalue weighted by molar-refractivity contribution is 0.624. The maximum absolute atomic E-state index is 12.5. The topological polar surface area (TPSA) is 29.1 Å². The Morgan fingerprint density at radius 1 is 1.24 bits per heavy atom. The van der Waals surface area contributed by atoms with E-state index in [1.807, 2.05) is 39.0 Å². The molecule has 0 aliphatic carbocycles. The molecule has 0 heterocycles. The van der Waals surface area contributed by atoms with Crippen LogP contribution in [0.15, 0.2) is 47.8 Å². The summed E-state index contributed by atoms with van der Waals surface area (Å²) >= 11 is 0. The highest BCUT2D eigenvalue weighted by molar-refractivity contribution is 7.84. The second-order valence-electron chi connectivity index (χ2n) is 7.18. The van der Waals surface area contributed by atoms with Crippen molar-refractivity contribution in [3.63, 3.8) is 0 Å². The SMILES string of the molecule is C=C=C(C(N[S@](=O)C(C)(C)C)c1ccccc1)[Si](C)(C)C. The highest BCUT2D eigenvalue weighted by atomic mass is 32.2. The Balaban J connectivity index is 3.26. The third-order valence-corrected chi connectivity index (χ3v) is 6.84. The fourth-order valence-electron chi connectivity index (χ4n) is 2.02. The molecule has 2 nitrogen and oxygen atoms in total. The molecule has 1 aromatic carbocycles. The van der Waals surface area contributed by atoms with Gasteiger partial charge in [0, 0.05) is 0 Å². The van der Waals surface area contributed by atoms with Crippen molar-refractivity contribution < 1.29 is 4.21 Å². The van der Waals surface area contributed by atoms with Crippen LogP contribution in [-0.4, -0.2) is 17.0 Å². The van der Waals surface area contributed by atoms with Crippen molar-refractivity contribution in [1.82, 2.24) is 4.72 Å². The van der Waals surface area contributed by atoms with Crippen LogP contribution < -0.4 is 4.72 Å². The minimum absolute atomic E-state index is 0.0876. The van der Waals surface area contributed by atoms with Crippen molar-refractivity contribution in [3.05, 3.63) is 53.4 Å². The van der Waals surface area contributed by atoms with Gasteiger partial charge in [-0.2, -0.15) is 0 Å². The van der Waals surface area contributed by atoms with Crippen molar-refractivity contribution in [2.45, 2.75) is 51.2 Å². The molecule has 116 valence electrons. The zero-order valence-corrected chi connectivity index (χ0v) is 15.8. The first-order chi connectivity index (χ1) is 9.57. The summed E-state index contributed by atoms with van der Waals surface area (Å²) in [5, 5.41) is 1.16. The predicted octanol–water partition coefficient (Wildman–Crippen LogP) is 4.37. The van der Waals surface area contributed by atoms with Crippen LogP contribution in [0.4, 0.5) is 0 Å². The molecule has 0 spiro atoms. The van der Waals surface area contributed by atoms with Gasteiger partial charge in [0.1, 0.15) is 0 Å². The van der Waals surface area contributed by atoms with E-state index in [1.54, 1.807) is 0 Å². The highest BCUT2D eigenvalue weighted by Gasteiger charge is 2.31. The summed E-state index contributed by atoms with van der Waals surface area (Å²) in [6.07, 6.45) is 0. The maximum atomic E-state index is 12.5. The third-order valence-electron chi connectivity index (χ3n) is 3.20. The number of hydrogen-bond donors (Lipinski definition) is 1. The van der Waals surface area contributed by atoms with Gasteiger partial charge >= 0.3 is 0 Å². The van der Waals surface area contributed by atoms with Gasteiger partial charge in [-0.25, -0.2) is 8.93 Å². The predicted molar refractivity (Wildman–Crippen MR) is 96.2 cm³/mol. The Morgan fingerprint density at radius 2 is 1.76 bits per heavy atom. The first-order valence-corrected chi connectivity index (χ1v) is 11.9. The lowest BCUT2D eigenvalue weighted by Gasteiger charge is -2.30. The van der Waals surface area contributed by atoms with E-state index < -0.39 is 19.1 Å². The molecule has 0 aliphatic rings. The fraction of sp³-hybridized carbons (Fsp3) is 0.471. The number of hydrogen-bond acceptors (Lipinski definition) is 1. The van der Waals surface area contributed by atoms with E-state index in [2.05, 4.69) is 48.8 Å². The average molecular weight is 322 g/mol. The first-order valence-electron chi connectivity index (χ1n) is 7.21. The lowest BCUT2D eigenvalue weighted by Crippen LogP contribution is -2.40. The van der Waals surface area contributed by atoms with Crippen LogP contribution >= 0.6 is 0 Å². The molecule has 1 unspecified atom stereocenters. The van der Waals surface area contributed by atoms with Gasteiger partial charge < -0.3 is 0 Å². The van der Waals surface area contributed by atoms with Crippen molar-refractivity contribution in [2.75, 3.05) is 0 Å². The van der Waals surface area contributed by atoms with E-state index in [0.29, 0.717) is 0 Å². The average Bonchev–Trinajstić information content (AvgIpc) is 2.36. The van der Waals surface area contributed by atoms with Crippen LogP contribution in [0, 0.1) is 0 Å². The molecule has 0 fully saturated rings. The van der Waals surface area contributed by atoms with Crippen LogP contribution in [0.5, 0.6) is 0 Å². The monoisotopic (exact) mass is 321 g/mol. The Kier molecular flexibility index (Phi) is 5.94. The number of rotatable bonds is 5. The van der Waals surface area contributed by atoms with E-state index in [9.17, 15) is 4.21 Å². The van der Waals surface area contributed by atoms with E-state index in [0.717, 1.165) is 10.8 Å². The fourth-order valence-corrected chi connectivity index (χ4v) is 4.58. The zero-order chi connectivity index (χ0) is 16.3. The van der Waals surface area contributed by atoms with E-state index in [1.165, 1.54) is 0 Å². The lowest BCUT2D eigenvalue weighted by atomic mass is 10.1. The van der Waals surface area contributed by atoms with Crippen LogP contribution in [0.2, 0.25) is 19.6 Å². The maximum Gasteiger partial charge on any atom is 0.0979 e. The summed E-state index contributed by atoms with van der Waals surface area (Å²) < 4.78 is 15.5. The van der Waals surface area contributed by atoms with Crippen molar-refractivity contribution in [1.29, 1.82) is 0 Å². The molecular weight excluding hydrogens is 294 g/mol. The van der Waals surface area contributed by atoms with Gasteiger partial charge in [0.05, 0.1) is 29.8 Å². The standard InChI is InChI=1S/C17H27NOSSi/c1-8-15(21(5,6)7)16(14-12-10-9-11-13-14)18-20(19)17(2,3)4/h9-13,16,18H,1H2,2-7H3/t16?,20-/m1/s1.